The molecule has 8 heteroatoms. The normalized spacial score (nSPS) is 16.8. The lowest BCUT2D eigenvalue weighted by Gasteiger charge is -2.34. The maximum absolute atomic E-state index is 11.6. The average Bonchev–Trinajstić information content (AvgIpc) is 2.94. The Kier molecular flexibility index (Phi) is 7.07. The van der Waals surface area contributed by atoms with E-state index in [9.17, 15) is 4.79 Å². The fourth-order valence-corrected chi connectivity index (χ4v) is 2.79. The topological polar surface area (TPSA) is 88.7 Å². The Morgan fingerprint density at radius 3 is 2.40 bits per heavy atom. The van der Waals surface area contributed by atoms with Crippen molar-refractivity contribution in [2.75, 3.05) is 51.5 Å². The van der Waals surface area contributed by atoms with Gasteiger partial charge in [0.15, 0.2) is 0 Å². The zero-order chi connectivity index (χ0) is 18.3. The molecule has 1 aliphatic rings. The van der Waals surface area contributed by atoms with Crippen molar-refractivity contribution in [3.8, 4) is 0 Å². The number of anilines is 1. The third-order valence-electron chi connectivity index (χ3n) is 4.08. The summed E-state index contributed by atoms with van der Waals surface area (Å²) >= 11 is 0. The molecule has 3 N–H and O–H groups in total. The molecule has 142 valence electrons. The van der Waals surface area contributed by atoms with E-state index in [0.717, 1.165) is 52.2 Å². The highest BCUT2D eigenvalue weighted by Gasteiger charge is 2.17. The molecule has 2 heterocycles. The zero-order valence-corrected chi connectivity index (χ0v) is 15.7. The van der Waals surface area contributed by atoms with Gasteiger partial charge in [0.1, 0.15) is 5.60 Å². The molecule has 0 saturated carbocycles. The summed E-state index contributed by atoms with van der Waals surface area (Å²) < 4.78 is 7.12. The van der Waals surface area contributed by atoms with Gasteiger partial charge in [0, 0.05) is 45.5 Å². The number of rotatable bonds is 7. The lowest BCUT2D eigenvalue weighted by atomic mass is 10.2. The third-order valence-corrected chi connectivity index (χ3v) is 4.08. The number of amides is 1. The van der Waals surface area contributed by atoms with Crippen LogP contribution in [0.3, 0.4) is 0 Å². The van der Waals surface area contributed by atoms with E-state index in [1.54, 1.807) is 6.20 Å². The van der Waals surface area contributed by atoms with Gasteiger partial charge in [-0.05, 0) is 33.7 Å². The highest BCUT2D eigenvalue weighted by molar-refractivity contribution is 5.67. The standard InChI is InChI=1S/C17H32N6O2/c1-17(2,3)25-16(24)19-5-4-6-21-7-9-22(10-8-21)11-12-23-14-15(18)13-20-23/h13-14H,4-12,18H2,1-3H3,(H,19,24). The largest absolute Gasteiger partial charge is 0.444 e. The fourth-order valence-electron chi connectivity index (χ4n) is 2.79. The van der Waals surface area contributed by atoms with Gasteiger partial charge in [0.2, 0.25) is 0 Å². The Morgan fingerprint density at radius 1 is 1.20 bits per heavy atom. The van der Waals surface area contributed by atoms with E-state index in [4.69, 9.17) is 10.5 Å². The second-order valence-electron chi connectivity index (χ2n) is 7.50. The molecule has 2 rings (SSSR count). The van der Waals surface area contributed by atoms with Crippen LogP contribution in [-0.4, -0.2) is 77.1 Å². The Morgan fingerprint density at radius 2 is 1.84 bits per heavy atom. The van der Waals surface area contributed by atoms with Crippen LogP contribution >= 0.6 is 0 Å². The van der Waals surface area contributed by atoms with Crippen LogP contribution < -0.4 is 11.1 Å². The van der Waals surface area contributed by atoms with Gasteiger partial charge >= 0.3 is 6.09 Å². The SMILES string of the molecule is CC(C)(C)OC(=O)NCCCN1CCN(CCn2cc(N)cn2)CC1. The number of nitrogen functional groups attached to an aromatic ring is 1. The van der Waals surface area contributed by atoms with E-state index in [2.05, 4.69) is 20.2 Å². The van der Waals surface area contributed by atoms with Crippen LogP contribution in [0.25, 0.3) is 0 Å². The van der Waals surface area contributed by atoms with Crippen molar-refractivity contribution in [3.63, 3.8) is 0 Å². The summed E-state index contributed by atoms with van der Waals surface area (Å²) in [7, 11) is 0. The summed E-state index contributed by atoms with van der Waals surface area (Å²) in [6, 6.07) is 0. The predicted molar refractivity (Wildman–Crippen MR) is 98.4 cm³/mol. The van der Waals surface area contributed by atoms with Crippen LogP contribution in [0.1, 0.15) is 27.2 Å². The molecule has 0 radical (unpaired) electrons. The number of piperazine rings is 1. The van der Waals surface area contributed by atoms with Crippen LogP contribution in [0, 0.1) is 0 Å². The molecule has 1 aliphatic heterocycles. The van der Waals surface area contributed by atoms with Crippen molar-refractivity contribution in [2.24, 2.45) is 0 Å². The van der Waals surface area contributed by atoms with E-state index < -0.39 is 5.60 Å². The van der Waals surface area contributed by atoms with Crippen LogP contribution in [0.5, 0.6) is 0 Å². The summed E-state index contributed by atoms with van der Waals surface area (Å²) in [6.07, 6.45) is 4.15. The quantitative estimate of drug-likeness (QED) is 0.712. The lowest BCUT2D eigenvalue weighted by molar-refractivity contribution is 0.0524. The molecule has 25 heavy (non-hydrogen) atoms. The molecule has 0 aromatic carbocycles. The number of aromatic nitrogens is 2. The van der Waals surface area contributed by atoms with Crippen molar-refractivity contribution in [2.45, 2.75) is 39.3 Å². The summed E-state index contributed by atoms with van der Waals surface area (Å²) in [4.78, 5) is 16.5. The number of nitrogens with two attached hydrogens (primary N) is 1. The molecule has 0 aliphatic carbocycles. The van der Waals surface area contributed by atoms with Crippen molar-refractivity contribution in [1.29, 1.82) is 0 Å². The van der Waals surface area contributed by atoms with Crippen molar-refractivity contribution >= 4 is 11.8 Å². The highest BCUT2D eigenvalue weighted by Crippen LogP contribution is 2.07. The predicted octanol–water partition coefficient (Wildman–Crippen LogP) is 0.998. The molecular weight excluding hydrogens is 320 g/mol. The van der Waals surface area contributed by atoms with E-state index in [1.165, 1.54) is 0 Å². The van der Waals surface area contributed by atoms with Crippen LogP contribution in [0.15, 0.2) is 12.4 Å². The third kappa shape index (κ3) is 7.74. The highest BCUT2D eigenvalue weighted by atomic mass is 16.6. The number of nitrogens with one attached hydrogen (secondary N) is 1. The second-order valence-corrected chi connectivity index (χ2v) is 7.50. The van der Waals surface area contributed by atoms with Crippen LogP contribution in [-0.2, 0) is 11.3 Å². The van der Waals surface area contributed by atoms with Crippen molar-refractivity contribution in [1.82, 2.24) is 24.9 Å². The molecular formula is C17H32N6O2. The maximum Gasteiger partial charge on any atom is 0.407 e. The van der Waals surface area contributed by atoms with Crippen molar-refractivity contribution in [3.05, 3.63) is 12.4 Å². The van der Waals surface area contributed by atoms with Crippen LogP contribution in [0.2, 0.25) is 0 Å². The summed E-state index contributed by atoms with van der Waals surface area (Å²) in [5.74, 6) is 0. The summed E-state index contributed by atoms with van der Waals surface area (Å²) in [6.45, 7) is 13.4. The Labute approximate surface area is 150 Å². The van der Waals surface area contributed by atoms with Crippen molar-refractivity contribution < 1.29 is 9.53 Å². The Bertz CT molecular complexity index is 531. The first-order chi connectivity index (χ1) is 11.8. The molecule has 1 aromatic rings. The maximum atomic E-state index is 11.6. The number of carbonyl (C=O) groups excluding carboxylic acids is 1. The number of alkyl carbamates (subject to hydrolysis) is 1. The van der Waals surface area contributed by atoms with E-state index in [0.29, 0.717) is 12.2 Å². The van der Waals surface area contributed by atoms with Gasteiger partial charge in [0.05, 0.1) is 18.4 Å². The number of carbonyl (C=O) groups is 1. The summed E-state index contributed by atoms with van der Waals surface area (Å²) in [5, 5.41) is 7.02. The van der Waals surface area contributed by atoms with E-state index in [1.807, 2.05) is 31.6 Å². The minimum Gasteiger partial charge on any atom is -0.444 e. The second kappa shape index (κ2) is 9.05. The monoisotopic (exact) mass is 352 g/mol. The smallest absolute Gasteiger partial charge is 0.407 e. The van der Waals surface area contributed by atoms with Crippen LogP contribution in [0.4, 0.5) is 10.5 Å². The van der Waals surface area contributed by atoms with Gasteiger partial charge in [-0.2, -0.15) is 5.10 Å². The van der Waals surface area contributed by atoms with E-state index >= 15 is 0 Å². The molecule has 0 atom stereocenters. The lowest BCUT2D eigenvalue weighted by Crippen LogP contribution is -2.47. The van der Waals surface area contributed by atoms with Gasteiger partial charge in [-0.3, -0.25) is 9.58 Å². The summed E-state index contributed by atoms with van der Waals surface area (Å²) in [5.41, 5.74) is 5.95. The number of nitrogens with zero attached hydrogens (tertiary/aromatic N) is 4. The first-order valence-corrected chi connectivity index (χ1v) is 9.01. The molecule has 1 saturated heterocycles. The molecule has 8 nitrogen and oxygen atoms in total. The molecule has 0 bridgehead atoms. The van der Waals surface area contributed by atoms with Gasteiger partial charge in [-0.15, -0.1) is 0 Å². The Balaban J connectivity index is 1.53. The first kappa shape index (κ1) is 19.5. The van der Waals surface area contributed by atoms with E-state index in [-0.39, 0.29) is 6.09 Å². The average molecular weight is 352 g/mol. The number of hydrogen-bond donors (Lipinski definition) is 2. The van der Waals surface area contributed by atoms with Gasteiger partial charge in [-0.25, -0.2) is 4.79 Å². The number of ether oxygens (including phenoxy) is 1. The Hall–Kier alpha value is -1.80. The van der Waals surface area contributed by atoms with Gasteiger partial charge in [0.25, 0.3) is 0 Å². The first-order valence-electron chi connectivity index (χ1n) is 9.01. The van der Waals surface area contributed by atoms with Gasteiger partial charge in [-0.1, -0.05) is 0 Å². The molecule has 1 aromatic heterocycles. The minimum absolute atomic E-state index is 0.337. The zero-order valence-electron chi connectivity index (χ0n) is 15.7. The fraction of sp³-hybridized carbons (Fsp3) is 0.765. The molecule has 1 fully saturated rings. The molecule has 0 unspecified atom stereocenters. The molecule has 0 spiro atoms. The minimum atomic E-state index is -0.442. The number of hydrogen-bond acceptors (Lipinski definition) is 6. The van der Waals surface area contributed by atoms with Gasteiger partial charge < -0.3 is 20.7 Å². The molecule has 1 amide bonds.